The van der Waals surface area contributed by atoms with Gasteiger partial charge in [0.2, 0.25) is 0 Å². The molecule has 1 aliphatic rings. The summed E-state index contributed by atoms with van der Waals surface area (Å²) < 4.78 is 24.2. The number of urea groups is 1. The average Bonchev–Trinajstić information content (AvgIpc) is 2.90. The molecule has 132 valence electrons. The zero-order valence-corrected chi connectivity index (χ0v) is 13.9. The molecule has 25 heavy (non-hydrogen) atoms. The summed E-state index contributed by atoms with van der Waals surface area (Å²) >= 11 is 0. The Balaban J connectivity index is 1.58. The van der Waals surface area contributed by atoms with Gasteiger partial charge in [-0.2, -0.15) is 0 Å². The molecular weight excluding hydrogens is 323 g/mol. The zero-order chi connectivity index (χ0) is 17.5. The molecule has 2 aromatic rings. The average molecular weight is 344 g/mol. The number of carbonyl (C=O) groups excluding carboxylic acids is 1. The Bertz CT molecular complexity index is 715. The largest absolute Gasteiger partial charge is 0.489 e. The fourth-order valence-electron chi connectivity index (χ4n) is 2.61. The third-order valence-corrected chi connectivity index (χ3v) is 3.89. The first-order valence-corrected chi connectivity index (χ1v) is 8.32. The predicted octanol–water partition coefficient (Wildman–Crippen LogP) is 3.66. The molecule has 0 bridgehead atoms. The molecular formula is C19H21FN2O3. The maximum Gasteiger partial charge on any atom is 0.321 e. The topological polar surface area (TPSA) is 50.8 Å². The molecule has 0 radical (unpaired) electrons. The Hall–Kier alpha value is -2.60. The first kappa shape index (κ1) is 17.2. The highest BCUT2D eigenvalue weighted by Gasteiger charge is 2.15. The van der Waals surface area contributed by atoms with Crippen LogP contribution in [-0.4, -0.2) is 37.2 Å². The molecule has 1 N–H and O–H groups in total. The number of hydrogen-bond donors (Lipinski definition) is 1. The van der Waals surface area contributed by atoms with Crippen LogP contribution in [0.4, 0.5) is 14.9 Å². The fraction of sp³-hybridized carbons (Fsp3) is 0.316. The second kappa shape index (κ2) is 8.48. The number of carbonyl (C=O) groups is 1. The zero-order valence-electron chi connectivity index (χ0n) is 13.9. The van der Waals surface area contributed by atoms with Gasteiger partial charge in [-0.3, -0.25) is 0 Å². The lowest BCUT2D eigenvalue weighted by Crippen LogP contribution is -2.36. The van der Waals surface area contributed by atoms with Crippen molar-refractivity contribution in [2.45, 2.75) is 13.0 Å². The number of anilines is 1. The van der Waals surface area contributed by atoms with Crippen molar-refractivity contribution in [1.29, 1.82) is 0 Å². The lowest BCUT2D eigenvalue weighted by Gasteiger charge is -2.20. The Morgan fingerprint density at radius 1 is 1.16 bits per heavy atom. The number of amides is 2. The van der Waals surface area contributed by atoms with E-state index in [1.807, 2.05) is 6.07 Å². The summed E-state index contributed by atoms with van der Waals surface area (Å²) in [4.78, 5) is 14.1. The summed E-state index contributed by atoms with van der Waals surface area (Å²) in [6.07, 6.45) is 0.838. The van der Waals surface area contributed by atoms with Crippen LogP contribution in [0.1, 0.15) is 12.0 Å². The van der Waals surface area contributed by atoms with Gasteiger partial charge >= 0.3 is 6.03 Å². The smallest absolute Gasteiger partial charge is 0.321 e. The first-order valence-electron chi connectivity index (χ1n) is 8.32. The molecule has 0 aliphatic carbocycles. The number of benzene rings is 2. The van der Waals surface area contributed by atoms with Crippen molar-refractivity contribution in [2.75, 3.05) is 31.6 Å². The van der Waals surface area contributed by atoms with E-state index in [0.29, 0.717) is 37.7 Å². The van der Waals surface area contributed by atoms with E-state index in [9.17, 15) is 9.18 Å². The summed E-state index contributed by atoms with van der Waals surface area (Å²) in [6.45, 7) is 2.78. The summed E-state index contributed by atoms with van der Waals surface area (Å²) in [6, 6.07) is 13.3. The second-order valence-electron chi connectivity index (χ2n) is 5.83. The molecule has 0 atom stereocenters. The highest BCUT2D eigenvalue weighted by molar-refractivity contribution is 5.89. The van der Waals surface area contributed by atoms with Crippen LogP contribution < -0.4 is 10.1 Å². The van der Waals surface area contributed by atoms with Crippen LogP contribution in [0.25, 0.3) is 0 Å². The standard InChI is InChI=1S/C19H21FN2O3/c20-16-5-1-4-15(12-16)14-25-18-7-2-6-17(13-18)21-19(23)22-8-3-10-24-11-9-22/h1-2,4-7,12-13H,3,8-11,14H2,(H,21,23). The lowest BCUT2D eigenvalue weighted by molar-refractivity contribution is 0.144. The fourth-order valence-corrected chi connectivity index (χ4v) is 2.61. The van der Waals surface area contributed by atoms with Crippen LogP contribution in [0.3, 0.4) is 0 Å². The van der Waals surface area contributed by atoms with Gasteiger partial charge in [0.05, 0.1) is 6.61 Å². The van der Waals surface area contributed by atoms with E-state index in [1.54, 1.807) is 35.2 Å². The van der Waals surface area contributed by atoms with Crippen molar-refractivity contribution in [3.8, 4) is 5.75 Å². The van der Waals surface area contributed by atoms with Gasteiger partial charge in [0.15, 0.2) is 0 Å². The van der Waals surface area contributed by atoms with Crippen molar-refractivity contribution in [2.24, 2.45) is 0 Å². The second-order valence-corrected chi connectivity index (χ2v) is 5.83. The van der Waals surface area contributed by atoms with Crippen LogP contribution in [0.5, 0.6) is 5.75 Å². The quantitative estimate of drug-likeness (QED) is 0.921. The van der Waals surface area contributed by atoms with E-state index < -0.39 is 0 Å². The van der Waals surface area contributed by atoms with Crippen molar-refractivity contribution in [1.82, 2.24) is 4.90 Å². The molecule has 2 amide bonds. The SMILES string of the molecule is O=C(Nc1cccc(OCc2cccc(F)c2)c1)N1CCCOCC1. The molecule has 2 aromatic carbocycles. The van der Waals surface area contributed by atoms with Crippen LogP contribution in [0.15, 0.2) is 48.5 Å². The number of hydrogen-bond acceptors (Lipinski definition) is 3. The number of ether oxygens (including phenoxy) is 2. The molecule has 0 saturated carbocycles. The van der Waals surface area contributed by atoms with Crippen LogP contribution >= 0.6 is 0 Å². The molecule has 6 heteroatoms. The van der Waals surface area contributed by atoms with E-state index in [-0.39, 0.29) is 18.5 Å². The van der Waals surface area contributed by atoms with E-state index in [4.69, 9.17) is 9.47 Å². The maximum absolute atomic E-state index is 13.2. The van der Waals surface area contributed by atoms with Gasteiger partial charge in [-0.1, -0.05) is 18.2 Å². The van der Waals surface area contributed by atoms with Gasteiger partial charge in [0.1, 0.15) is 18.2 Å². The van der Waals surface area contributed by atoms with Gasteiger partial charge < -0.3 is 19.7 Å². The molecule has 1 saturated heterocycles. The third-order valence-electron chi connectivity index (χ3n) is 3.89. The summed E-state index contributed by atoms with van der Waals surface area (Å²) in [7, 11) is 0. The van der Waals surface area contributed by atoms with Crippen molar-refractivity contribution in [3.63, 3.8) is 0 Å². The molecule has 0 spiro atoms. The van der Waals surface area contributed by atoms with Crippen LogP contribution in [-0.2, 0) is 11.3 Å². The van der Waals surface area contributed by atoms with E-state index >= 15 is 0 Å². The molecule has 1 fully saturated rings. The van der Waals surface area contributed by atoms with E-state index in [2.05, 4.69) is 5.32 Å². The number of nitrogens with zero attached hydrogens (tertiary/aromatic N) is 1. The molecule has 0 unspecified atom stereocenters. The van der Waals surface area contributed by atoms with Gasteiger partial charge in [-0.25, -0.2) is 9.18 Å². The Labute approximate surface area is 146 Å². The molecule has 5 nitrogen and oxygen atoms in total. The van der Waals surface area contributed by atoms with Gasteiger partial charge in [0.25, 0.3) is 0 Å². The normalized spacial score (nSPS) is 14.7. The molecule has 1 heterocycles. The lowest BCUT2D eigenvalue weighted by atomic mass is 10.2. The third kappa shape index (κ3) is 5.19. The molecule has 1 aliphatic heterocycles. The first-order chi connectivity index (χ1) is 12.2. The Kier molecular flexibility index (Phi) is 5.85. The molecule has 3 rings (SSSR count). The predicted molar refractivity (Wildman–Crippen MR) is 93.2 cm³/mol. The van der Waals surface area contributed by atoms with Crippen molar-refractivity contribution in [3.05, 3.63) is 59.9 Å². The minimum Gasteiger partial charge on any atom is -0.489 e. The monoisotopic (exact) mass is 344 g/mol. The molecule has 0 aromatic heterocycles. The Morgan fingerprint density at radius 3 is 2.92 bits per heavy atom. The van der Waals surface area contributed by atoms with Crippen LogP contribution in [0, 0.1) is 5.82 Å². The summed E-state index contributed by atoms with van der Waals surface area (Å²) in [5.74, 6) is 0.324. The van der Waals surface area contributed by atoms with Gasteiger partial charge in [-0.15, -0.1) is 0 Å². The maximum atomic E-state index is 13.2. The minimum absolute atomic E-state index is 0.146. The Morgan fingerprint density at radius 2 is 2.04 bits per heavy atom. The minimum atomic E-state index is -0.288. The van der Waals surface area contributed by atoms with E-state index in [0.717, 1.165) is 12.0 Å². The van der Waals surface area contributed by atoms with Crippen LogP contribution in [0.2, 0.25) is 0 Å². The van der Waals surface area contributed by atoms with Crippen molar-refractivity contribution < 1.29 is 18.7 Å². The number of rotatable bonds is 4. The number of halogens is 1. The van der Waals surface area contributed by atoms with E-state index in [1.165, 1.54) is 12.1 Å². The van der Waals surface area contributed by atoms with Gasteiger partial charge in [-0.05, 0) is 36.2 Å². The summed E-state index contributed by atoms with van der Waals surface area (Å²) in [5, 5.41) is 2.88. The highest BCUT2D eigenvalue weighted by atomic mass is 19.1. The summed E-state index contributed by atoms with van der Waals surface area (Å²) in [5.41, 5.74) is 1.41. The highest BCUT2D eigenvalue weighted by Crippen LogP contribution is 2.19. The van der Waals surface area contributed by atoms with Gasteiger partial charge in [0, 0.05) is 31.5 Å². The van der Waals surface area contributed by atoms with Crippen molar-refractivity contribution >= 4 is 11.7 Å². The number of nitrogens with one attached hydrogen (secondary N) is 1.